The molecule has 0 saturated carbocycles. The van der Waals surface area contributed by atoms with Crippen molar-refractivity contribution >= 4 is 0 Å². The van der Waals surface area contributed by atoms with Gasteiger partial charge in [-0.25, -0.2) is 0 Å². The third-order valence-corrected chi connectivity index (χ3v) is 2.64. The number of piperidine rings is 1. The number of hydrogen-bond acceptors (Lipinski definition) is 3. The molecule has 1 fully saturated rings. The number of hydrogen-bond donors (Lipinski definition) is 2. The van der Waals surface area contributed by atoms with Crippen LogP contribution in [0.3, 0.4) is 0 Å². The normalized spacial score (nSPS) is 40.9. The molecule has 0 radical (unpaired) electrons. The average molecular weight is 159 g/mol. The van der Waals surface area contributed by atoms with Gasteiger partial charge in [0.25, 0.3) is 0 Å². The van der Waals surface area contributed by atoms with Crippen molar-refractivity contribution < 1.29 is 10.2 Å². The lowest BCUT2D eigenvalue weighted by atomic mass is 9.86. The van der Waals surface area contributed by atoms with Crippen LogP contribution in [-0.4, -0.2) is 47.0 Å². The van der Waals surface area contributed by atoms with Gasteiger partial charge in [0.15, 0.2) is 0 Å². The fourth-order valence-corrected chi connectivity index (χ4v) is 1.52. The third-order valence-electron chi connectivity index (χ3n) is 2.64. The molecule has 0 spiro atoms. The molecule has 3 heteroatoms. The van der Waals surface area contributed by atoms with Gasteiger partial charge in [-0.3, -0.25) is 0 Å². The van der Waals surface area contributed by atoms with Crippen molar-refractivity contribution in [2.75, 3.05) is 20.1 Å². The van der Waals surface area contributed by atoms with Crippen LogP contribution in [0.2, 0.25) is 0 Å². The molecule has 2 unspecified atom stereocenters. The van der Waals surface area contributed by atoms with E-state index >= 15 is 0 Å². The maximum atomic E-state index is 9.79. The van der Waals surface area contributed by atoms with Crippen molar-refractivity contribution in [1.82, 2.24) is 4.90 Å². The molecule has 0 aliphatic carbocycles. The summed E-state index contributed by atoms with van der Waals surface area (Å²) >= 11 is 0. The number of aliphatic hydroxyl groups excluding tert-OH is 1. The van der Waals surface area contributed by atoms with Gasteiger partial charge < -0.3 is 15.1 Å². The molecular formula is C8H17NO2. The molecule has 0 aromatic rings. The van der Waals surface area contributed by atoms with Crippen LogP contribution in [-0.2, 0) is 0 Å². The highest BCUT2D eigenvalue weighted by Crippen LogP contribution is 2.24. The molecule has 1 aliphatic heterocycles. The minimum atomic E-state index is -0.827. The summed E-state index contributed by atoms with van der Waals surface area (Å²) in [6.45, 7) is 3.38. The molecule has 0 aromatic heterocycles. The lowest BCUT2D eigenvalue weighted by molar-refractivity contribution is -0.116. The van der Waals surface area contributed by atoms with E-state index in [4.69, 9.17) is 0 Å². The van der Waals surface area contributed by atoms with Crippen molar-refractivity contribution in [2.45, 2.75) is 31.5 Å². The first-order valence-corrected chi connectivity index (χ1v) is 4.17. The zero-order valence-electron chi connectivity index (χ0n) is 7.25. The molecule has 1 aliphatic rings. The van der Waals surface area contributed by atoms with E-state index in [9.17, 15) is 10.2 Å². The Labute approximate surface area is 67.6 Å². The molecular weight excluding hydrogens is 142 g/mol. The standard InChI is InChI=1S/C8H17NO2/c1-3-8(11)4-5-9(2)6-7(8)10/h7,10-11H,3-6H2,1-2H3. The van der Waals surface area contributed by atoms with Gasteiger partial charge in [0.05, 0.1) is 11.7 Å². The molecule has 0 bridgehead atoms. The maximum absolute atomic E-state index is 9.79. The molecule has 2 atom stereocenters. The Balaban J connectivity index is 2.56. The summed E-state index contributed by atoms with van der Waals surface area (Å²) in [5.74, 6) is 0. The summed E-state index contributed by atoms with van der Waals surface area (Å²) in [5, 5.41) is 19.3. The number of nitrogens with zero attached hydrogens (tertiary/aromatic N) is 1. The molecule has 2 N–H and O–H groups in total. The van der Waals surface area contributed by atoms with E-state index in [0.29, 0.717) is 19.4 Å². The Morgan fingerprint density at radius 2 is 2.27 bits per heavy atom. The molecule has 1 saturated heterocycles. The van der Waals surface area contributed by atoms with E-state index in [0.717, 1.165) is 6.54 Å². The Kier molecular flexibility index (Phi) is 2.52. The lowest BCUT2D eigenvalue weighted by Crippen LogP contribution is -2.54. The quantitative estimate of drug-likeness (QED) is 0.558. The van der Waals surface area contributed by atoms with E-state index in [1.54, 1.807) is 0 Å². The first-order chi connectivity index (χ1) is 5.08. The predicted molar refractivity (Wildman–Crippen MR) is 43.4 cm³/mol. The zero-order chi connectivity index (χ0) is 8.48. The molecule has 11 heavy (non-hydrogen) atoms. The average Bonchev–Trinajstić information content (AvgIpc) is 1.98. The largest absolute Gasteiger partial charge is 0.389 e. The second-order valence-electron chi connectivity index (χ2n) is 3.49. The highest BCUT2D eigenvalue weighted by atomic mass is 16.3. The van der Waals surface area contributed by atoms with Crippen LogP contribution in [0.15, 0.2) is 0 Å². The van der Waals surface area contributed by atoms with Crippen LogP contribution in [0.5, 0.6) is 0 Å². The number of likely N-dealkylation sites (tertiary alicyclic amines) is 1. The number of rotatable bonds is 1. The van der Waals surface area contributed by atoms with Gasteiger partial charge in [0, 0.05) is 13.1 Å². The minimum absolute atomic E-state index is 0.578. The molecule has 0 amide bonds. The highest BCUT2D eigenvalue weighted by Gasteiger charge is 2.37. The number of likely N-dealkylation sites (N-methyl/N-ethyl adjacent to an activating group) is 1. The fraction of sp³-hybridized carbons (Fsp3) is 1.00. The monoisotopic (exact) mass is 159 g/mol. The molecule has 66 valence electrons. The first-order valence-electron chi connectivity index (χ1n) is 4.17. The van der Waals surface area contributed by atoms with E-state index < -0.39 is 11.7 Å². The van der Waals surface area contributed by atoms with E-state index in [1.165, 1.54) is 0 Å². The minimum Gasteiger partial charge on any atom is -0.389 e. The van der Waals surface area contributed by atoms with Gasteiger partial charge in [0.2, 0.25) is 0 Å². The Hall–Kier alpha value is -0.120. The van der Waals surface area contributed by atoms with Gasteiger partial charge >= 0.3 is 0 Å². The van der Waals surface area contributed by atoms with Crippen molar-refractivity contribution in [3.63, 3.8) is 0 Å². The summed E-state index contributed by atoms with van der Waals surface area (Å²) in [6, 6.07) is 0. The van der Waals surface area contributed by atoms with Gasteiger partial charge in [0.1, 0.15) is 0 Å². The number of β-amino-alcohol motifs (C(OH)–C–C–N with tert-alkyl or cyclic N) is 1. The number of aliphatic hydroxyl groups is 2. The summed E-state index contributed by atoms with van der Waals surface area (Å²) < 4.78 is 0. The van der Waals surface area contributed by atoms with Crippen LogP contribution in [0.25, 0.3) is 0 Å². The summed E-state index contributed by atoms with van der Waals surface area (Å²) in [4.78, 5) is 2.04. The molecule has 0 aromatic carbocycles. The molecule has 1 heterocycles. The van der Waals surface area contributed by atoms with Gasteiger partial charge in [-0.05, 0) is 19.9 Å². The van der Waals surface area contributed by atoms with E-state index in [-0.39, 0.29) is 0 Å². The van der Waals surface area contributed by atoms with Crippen molar-refractivity contribution in [3.8, 4) is 0 Å². The predicted octanol–water partition coefficient (Wildman–Crippen LogP) is -0.176. The Morgan fingerprint density at radius 3 is 2.73 bits per heavy atom. The summed E-state index contributed by atoms with van der Waals surface area (Å²) in [7, 11) is 1.96. The highest BCUT2D eigenvalue weighted by molar-refractivity contribution is 4.91. The SMILES string of the molecule is CCC1(O)CCN(C)CC1O. The smallest absolute Gasteiger partial charge is 0.0953 e. The van der Waals surface area contributed by atoms with Crippen LogP contribution in [0, 0.1) is 0 Å². The summed E-state index contributed by atoms with van der Waals surface area (Å²) in [6.07, 6.45) is 0.745. The van der Waals surface area contributed by atoms with E-state index in [1.807, 2.05) is 18.9 Å². The van der Waals surface area contributed by atoms with Gasteiger partial charge in [-0.15, -0.1) is 0 Å². The molecule has 3 nitrogen and oxygen atoms in total. The topological polar surface area (TPSA) is 43.7 Å². The lowest BCUT2D eigenvalue weighted by Gasteiger charge is -2.40. The Morgan fingerprint density at radius 1 is 1.64 bits per heavy atom. The van der Waals surface area contributed by atoms with E-state index in [2.05, 4.69) is 0 Å². The van der Waals surface area contributed by atoms with Crippen LogP contribution in [0.4, 0.5) is 0 Å². The van der Waals surface area contributed by atoms with Crippen LogP contribution < -0.4 is 0 Å². The zero-order valence-corrected chi connectivity index (χ0v) is 7.25. The first kappa shape index (κ1) is 8.97. The van der Waals surface area contributed by atoms with Gasteiger partial charge in [-0.1, -0.05) is 6.92 Å². The third kappa shape index (κ3) is 1.72. The van der Waals surface area contributed by atoms with Crippen molar-refractivity contribution in [2.24, 2.45) is 0 Å². The summed E-state index contributed by atoms with van der Waals surface area (Å²) in [5.41, 5.74) is -0.827. The van der Waals surface area contributed by atoms with Crippen LogP contribution >= 0.6 is 0 Å². The Bertz CT molecular complexity index is 140. The second kappa shape index (κ2) is 3.09. The van der Waals surface area contributed by atoms with Crippen molar-refractivity contribution in [1.29, 1.82) is 0 Å². The molecule has 1 rings (SSSR count). The van der Waals surface area contributed by atoms with Crippen molar-refractivity contribution in [3.05, 3.63) is 0 Å². The van der Waals surface area contributed by atoms with Crippen LogP contribution in [0.1, 0.15) is 19.8 Å². The maximum Gasteiger partial charge on any atom is 0.0953 e. The second-order valence-corrected chi connectivity index (χ2v) is 3.49. The fourth-order valence-electron chi connectivity index (χ4n) is 1.52. The van der Waals surface area contributed by atoms with Gasteiger partial charge in [-0.2, -0.15) is 0 Å².